The van der Waals surface area contributed by atoms with E-state index in [-0.39, 0.29) is 30.1 Å². The van der Waals surface area contributed by atoms with Crippen LogP contribution in [-0.2, 0) is 15.9 Å². The zero-order valence-corrected chi connectivity index (χ0v) is 29.5. The van der Waals surface area contributed by atoms with Crippen molar-refractivity contribution in [1.29, 1.82) is 0 Å². The molecule has 1 aliphatic heterocycles. The molecule has 5 aliphatic rings. The van der Waals surface area contributed by atoms with Crippen LogP contribution in [0.15, 0.2) is 12.1 Å². The molecule has 1 aromatic carbocycles. The Morgan fingerprint density at radius 2 is 1.91 bits per heavy atom. The molecule has 46 heavy (non-hydrogen) atoms. The van der Waals surface area contributed by atoms with E-state index in [0.29, 0.717) is 11.8 Å². The summed E-state index contributed by atoms with van der Waals surface area (Å²) < 4.78 is 25.1. The highest BCUT2D eigenvalue weighted by molar-refractivity contribution is 5.66. The number of aryl methyl sites for hydroxylation is 1. The smallest absolute Gasteiger partial charge is 0.480 e. The first-order chi connectivity index (χ1) is 21.5. The Hall–Kier alpha value is -1.91. The molecular formula is C37H59NO8. The second-order valence-electron chi connectivity index (χ2n) is 16.4. The maximum absolute atomic E-state index is 12.9. The number of nitrogens with zero attached hydrogens (tertiary/aromatic N) is 1. The van der Waals surface area contributed by atoms with Crippen molar-refractivity contribution in [1.82, 2.24) is 4.90 Å². The maximum atomic E-state index is 12.9. The Morgan fingerprint density at radius 1 is 1.20 bits per heavy atom. The molecule has 9 heteroatoms. The first-order valence-corrected chi connectivity index (χ1v) is 17.5. The van der Waals surface area contributed by atoms with Gasteiger partial charge in [0.2, 0.25) is 0 Å². The van der Waals surface area contributed by atoms with E-state index in [1.54, 1.807) is 13.2 Å². The van der Waals surface area contributed by atoms with Crippen molar-refractivity contribution in [2.45, 2.75) is 135 Å². The van der Waals surface area contributed by atoms with Crippen LogP contribution < -0.4 is 9.47 Å². The molecule has 7 atom stereocenters. The van der Waals surface area contributed by atoms with Gasteiger partial charge in [-0.25, -0.2) is 4.79 Å². The molecule has 0 aromatic heterocycles. The van der Waals surface area contributed by atoms with Gasteiger partial charge in [0, 0.05) is 37.6 Å². The number of aliphatic hydroxyl groups is 3. The van der Waals surface area contributed by atoms with Crippen molar-refractivity contribution in [3.05, 3.63) is 23.3 Å². The number of hydrogen-bond donors (Lipinski definition) is 3. The predicted octanol–water partition coefficient (Wildman–Crippen LogP) is 5.81. The highest BCUT2D eigenvalue weighted by atomic mass is 16.7. The number of hydrogen-bond acceptors (Lipinski definition) is 9. The monoisotopic (exact) mass is 645 g/mol. The highest BCUT2D eigenvalue weighted by Crippen LogP contribution is 2.67. The number of carbonyl (C=O) groups excluding carboxylic acids is 1. The van der Waals surface area contributed by atoms with Crippen LogP contribution in [0.5, 0.6) is 11.5 Å². The van der Waals surface area contributed by atoms with Crippen molar-refractivity contribution in [2.24, 2.45) is 22.7 Å². The number of carbonyl (C=O) groups is 1. The maximum Gasteiger partial charge on any atom is 0.513 e. The van der Waals surface area contributed by atoms with Gasteiger partial charge in [-0.15, -0.1) is 0 Å². The van der Waals surface area contributed by atoms with E-state index in [2.05, 4.69) is 46.4 Å². The summed E-state index contributed by atoms with van der Waals surface area (Å²) in [4.78, 5) is 15.6. The van der Waals surface area contributed by atoms with E-state index in [0.717, 1.165) is 68.7 Å². The van der Waals surface area contributed by atoms with E-state index in [1.165, 1.54) is 12.8 Å². The summed E-state index contributed by atoms with van der Waals surface area (Å²) in [6, 6.07) is 4.02. The first-order valence-electron chi connectivity index (χ1n) is 17.5. The molecular weight excluding hydrogens is 586 g/mol. The van der Waals surface area contributed by atoms with Crippen LogP contribution in [-0.4, -0.2) is 88.7 Å². The summed E-state index contributed by atoms with van der Waals surface area (Å²) in [5.74, 6) is 1.37. The third-order valence-corrected chi connectivity index (χ3v) is 12.7. The Labute approximate surface area is 275 Å². The molecule has 3 bridgehead atoms. The zero-order chi connectivity index (χ0) is 33.7. The molecule has 7 unspecified atom stereocenters. The normalized spacial score (nSPS) is 33.6. The van der Waals surface area contributed by atoms with Crippen LogP contribution in [0.1, 0.15) is 104 Å². The molecule has 4 fully saturated rings. The lowest BCUT2D eigenvalue weighted by atomic mass is 9.42. The average Bonchev–Trinajstić information content (AvgIpc) is 3.82. The van der Waals surface area contributed by atoms with Crippen LogP contribution in [0.4, 0.5) is 4.79 Å². The lowest BCUT2D eigenvalue weighted by Gasteiger charge is -2.70. The van der Waals surface area contributed by atoms with Crippen molar-refractivity contribution < 1.29 is 39.1 Å². The lowest BCUT2D eigenvalue weighted by Crippen LogP contribution is -2.77. The number of methoxy groups -OCH3 is 1. The molecule has 1 spiro atoms. The Balaban J connectivity index is 1.61. The fourth-order valence-corrected chi connectivity index (χ4v) is 9.03. The van der Waals surface area contributed by atoms with Crippen molar-refractivity contribution in [3.8, 4) is 11.5 Å². The molecule has 9 nitrogen and oxygen atoms in total. The van der Waals surface area contributed by atoms with Gasteiger partial charge >= 0.3 is 6.16 Å². The second kappa shape index (κ2) is 12.8. The Bertz CT molecular complexity index is 1260. The number of fused-ring (bicyclic) bond motifs is 3. The van der Waals surface area contributed by atoms with E-state index in [4.69, 9.17) is 24.1 Å². The molecule has 0 amide bonds. The number of aliphatic hydroxyl groups excluding tert-OH is 2. The van der Waals surface area contributed by atoms with Gasteiger partial charge in [0.1, 0.15) is 11.2 Å². The lowest BCUT2D eigenvalue weighted by molar-refractivity contribution is -0.307. The number of ether oxygens (including phenoxy) is 4. The topological polar surface area (TPSA) is 118 Å². The second-order valence-corrected chi connectivity index (χ2v) is 16.4. The third-order valence-electron chi connectivity index (χ3n) is 12.7. The fraction of sp³-hybridized carbons (Fsp3) is 0.811. The first kappa shape index (κ1) is 35.4. The van der Waals surface area contributed by atoms with Crippen LogP contribution in [0.25, 0.3) is 0 Å². The zero-order valence-electron chi connectivity index (χ0n) is 29.5. The molecule has 4 aliphatic carbocycles. The van der Waals surface area contributed by atoms with Gasteiger partial charge in [-0.05, 0) is 114 Å². The highest BCUT2D eigenvalue weighted by Gasteiger charge is 2.72. The summed E-state index contributed by atoms with van der Waals surface area (Å²) >= 11 is 0. The van der Waals surface area contributed by atoms with E-state index >= 15 is 0 Å². The minimum Gasteiger partial charge on any atom is -0.480 e. The molecule has 260 valence electrons. The molecule has 6 rings (SSSR count). The van der Waals surface area contributed by atoms with Gasteiger partial charge in [0.15, 0.2) is 11.5 Å². The van der Waals surface area contributed by atoms with Crippen molar-refractivity contribution in [2.75, 3.05) is 33.4 Å². The minimum absolute atomic E-state index is 0.0826. The predicted molar refractivity (Wildman–Crippen MR) is 176 cm³/mol. The van der Waals surface area contributed by atoms with Gasteiger partial charge in [0.05, 0.1) is 24.9 Å². The Morgan fingerprint density at radius 3 is 2.54 bits per heavy atom. The fourth-order valence-electron chi connectivity index (χ4n) is 9.03. The summed E-state index contributed by atoms with van der Waals surface area (Å²) in [5.41, 5.74) is -1.15. The summed E-state index contributed by atoms with van der Waals surface area (Å²) in [7, 11) is 1.76. The number of benzene rings is 1. The van der Waals surface area contributed by atoms with Gasteiger partial charge in [-0.1, -0.05) is 26.8 Å². The molecule has 0 saturated heterocycles. The quantitative estimate of drug-likeness (QED) is 0.226. The van der Waals surface area contributed by atoms with Crippen LogP contribution in [0.3, 0.4) is 0 Å². The standard InChI is InChI=1S/C37H59NO8/c1-24-11-14-29(45-32(41)44-19-15-27(40)22-39)31-28(24)10-9-18-38(21-26-12-13-26)25(2)36-16-17-37(43-8,34(6,23-36)46-31)30(20-36)35(7,42)33(3,4)5/h11,14,25-27,30,39-40,42H,9-10,12-13,15-23H2,1-8H3. The Kier molecular flexibility index (Phi) is 9.88. The molecule has 0 radical (unpaired) electrons. The van der Waals surface area contributed by atoms with Gasteiger partial charge in [-0.2, -0.15) is 0 Å². The van der Waals surface area contributed by atoms with Crippen LogP contribution >= 0.6 is 0 Å². The van der Waals surface area contributed by atoms with Crippen molar-refractivity contribution in [3.63, 3.8) is 0 Å². The summed E-state index contributed by atoms with van der Waals surface area (Å²) in [6.07, 6.45) is 5.89. The average molecular weight is 646 g/mol. The molecule has 4 saturated carbocycles. The van der Waals surface area contributed by atoms with Gasteiger partial charge < -0.3 is 34.3 Å². The largest absolute Gasteiger partial charge is 0.513 e. The summed E-state index contributed by atoms with van der Waals surface area (Å²) in [5, 5.41) is 31.3. The molecule has 1 heterocycles. The summed E-state index contributed by atoms with van der Waals surface area (Å²) in [6.45, 7) is 16.5. The molecule has 1 aromatic rings. The van der Waals surface area contributed by atoms with E-state index < -0.39 is 41.1 Å². The number of rotatable bonds is 9. The SMILES string of the molecule is COC12CCC3(CC1C(C)(O)C(C)(C)C)CC2(C)Oc1c(OC(=O)OCCC(O)CO)ccc(C)c1CCCN(CC1CC1)C3C. The van der Waals surface area contributed by atoms with E-state index in [9.17, 15) is 15.0 Å². The van der Waals surface area contributed by atoms with Crippen LogP contribution in [0, 0.1) is 29.6 Å². The van der Waals surface area contributed by atoms with E-state index in [1.807, 2.05) is 13.0 Å². The van der Waals surface area contributed by atoms with Crippen LogP contribution in [0.2, 0.25) is 0 Å². The van der Waals surface area contributed by atoms with Crippen molar-refractivity contribution >= 4 is 6.16 Å². The third kappa shape index (κ3) is 6.31. The minimum atomic E-state index is -1.06. The van der Waals surface area contributed by atoms with Gasteiger partial charge in [0.25, 0.3) is 0 Å². The van der Waals surface area contributed by atoms with Gasteiger partial charge in [-0.3, -0.25) is 4.90 Å². The molecule has 3 N–H and O–H groups in total.